The molecule has 0 aromatic carbocycles. The second-order valence-electron chi connectivity index (χ2n) is 5.66. The van der Waals surface area contributed by atoms with Crippen LogP contribution >= 0.6 is 0 Å². The average Bonchev–Trinajstić information content (AvgIpc) is 3.03. The molecule has 1 heteroatoms. The van der Waals surface area contributed by atoms with Gasteiger partial charge >= 0.3 is 0 Å². The van der Waals surface area contributed by atoms with Crippen LogP contribution < -0.4 is 0 Å². The Morgan fingerprint density at radius 3 is 2.40 bits per heavy atom. The summed E-state index contributed by atoms with van der Waals surface area (Å²) in [6.45, 7) is 0. The molecule has 0 radical (unpaired) electrons. The van der Waals surface area contributed by atoms with Crippen LogP contribution in [0.3, 0.4) is 0 Å². The maximum absolute atomic E-state index is 10.4. The van der Waals surface area contributed by atoms with Gasteiger partial charge in [-0.3, -0.25) is 0 Å². The number of rotatable bonds is 2. The Morgan fingerprint density at radius 2 is 1.80 bits per heavy atom. The summed E-state index contributed by atoms with van der Waals surface area (Å²) < 4.78 is 0. The van der Waals surface area contributed by atoms with Crippen molar-refractivity contribution in [3.05, 3.63) is 11.6 Å². The molecule has 1 nitrogen and oxygen atoms in total. The lowest BCUT2D eigenvalue weighted by Crippen LogP contribution is -2.16. The fourth-order valence-corrected chi connectivity index (χ4v) is 3.89. The minimum atomic E-state index is -0.0709. The van der Waals surface area contributed by atoms with E-state index in [-0.39, 0.29) is 6.10 Å². The van der Waals surface area contributed by atoms with E-state index in [1.165, 1.54) is 50.5 Å². The largest absolute Gasteiger partial charge is 0.388 e. The van der Waals surface area contributed by atoms with E-state index in [0.29, 0.717) is 5.92 Å². The third-order valence-corrected chi connectivity index (χ3v) is 4.79. The van der Waals surface area contributed by atoms with Gasteiger partial charge in [0.1, 0.15) is 0 Å². The summed E-state index contributed by atoms with van der Waals surface area (Å²) in [6, 6.07) is 0. The highest BCUT2D eigenvalue weighted by molar-refractivity contribution is 5.18. The van der Waals surface area contributed by atoms with Crippen LogP contribution in [0.25, 0.3) is 0 Å². The van der Waals surface area contributed by atoms with Crippen LogP contribution in [0.4, 0.5) is 0 Å². The van der Waals surface area contributed by atoms with Crippen molar-refractivity contribution in [1.82, 2.24) is 0 Å². The first-order chi connectivity index (χ1) is 7.38. The molecule has 0 amide bonds. The highest BCUT2D eigenvalue weighted by atomic mass is 16.3. The molecule has 2 saturated carbocycles. The molecule has 3 atom stereocenters. The van der Waals surface area contributed by atoms with Crippen molar-refractivity contribution in [3.63, 3.8) is 0 Å². The van der Waals surface area contributed by atoms with E-state index in [1.807, 2.05) is 0 Å². The zero-order chi connectivity index (χ0) is 10.3. The summed E-state index contributed by atoms with van der Waals surface area (Å²) in [6.07, 6.45) is 12.8. The number of fused-ring (bicyclic) bond motifs is 1. The summed E-state index contributed by atoms with van der Waals surface area (Å²) in [4.78, 5) is 0. The van der Waals surface area contributed by atoms with Gasteiger partial charge in [-0.1, -0.05) is 18.9 Å². The molecule has 3 aliphatic carbocycles. The quantitative estimate of drug-likeness (QED) is 0.687. The molecule has 3 unspecified atom stereocenters. The van der Waals surface area contributed by atoms with Crippen LogP contribution in [0.1, 0.15) is 51.4 Å². The van der Waals surface area contributed by atoms with Gasteiger partial charge in [0.25, 0.3) is 0 Å². The standard InChI is InChI=1S/C14H22O/c15-14(10-6-2-1-3-7-10)13-11-8-4-5-9-12(11)13/h6,11-15H,1-5,7-9H2. The zero-order valence-electron chi connectivity index (χ0n) is 9.49. The third kappa shape index (κ3) is 1.75. The first kappa shape index (κ1) is 9.89. The molecule has 0 spiro atoms. The summed E-state index contributed by atoms with van der Waals surface area (Å²) in [5, 5.41) is 10.4. The number of hydrogen-bond acceptors (Lipinski definition) is 1. The number of aliphatic hydroxyl groups excluding tert-OH is 1. The second-order valence-corrected chi connectivity index (χ2v) is 5.66. The molecule has 2 fully saturated rings. The topological polar surface area (TPSA) is 20.2 Å². The van der Waals surface area contributed by atoms with Gasteiger partial charge in [-0.25, -0.2) is 0 Å². The Morgan fingerprint density at radius 1 is 1.07 bits per heavy atom. The SMILES string of the molecule is OC(C1=CCCCC1)C1C2CCCCC21. The zero-order valence-corrected chi connectivity index (χ0v) is 9.49. The van der Waals surface area contributed by atoms with Crippen LogP contribution in [-0.2, 0) is 0 Å². The van der Waals surface area contributed by atoms with Crippen molar-refractivity contribution in [1.29, 1.82) is 0 Å². The van der Waals surface area contributed by atoms with Gasteiger partial charge in [0, 0.05) is 0 Å². The van der Waals surface area contributed by atoms with Crippen molar-refractivity contribution >= 4 is 0 Å². The lowest BCUT2D eigenvalue weighted by atomic mass is 9.92. The van der Waals surface area contributed by atoms with Gasteiger partial charge in [-0.05, 0) is 61.9 Å². The van der Waals surface area contributed by atoms with E-state index in [4.69, 9.17) is 0 Å². The van der Waals surface area contributed by atoms with E-state index in [9.17, 15) is 5.11 Å². The summed E-state index contributed by atoms with van der Waals surface area (Å²) in [5.41, 5.74) is 1.38. The first-order valence-electron chi connectivity index (χ1n) is 6.75. The number of aliphatic hydroxyl groups is 1. The molecular formula is C14H22O. The first-order valence-corrected chi connectivity index (χ1v) is 6.75. The molecule has 3 rings (SSSR count). The third-order valence-electron chi connectivity index (χ3n) is 4.79. The molecule has 0 aromatic rings. The van der Waals surface area contributed by atoms with E-state index in [0.717, 1.165) is 18.3 Å². The Balaban J connectivity index is 1.65. The van der Waals surface area contributed by atoms with E-state index < -0.39 is 0 Å². The summed E-state index contributed by atoms with van der Waals surface area (Å²) in [5.74, 6) is 2.42. The molecule has 15 heavy (non-hydrogen) atoms. The van der Waals surface area contributed by atoms with Gasteiger partial charge in [0.15, 0.2) is 0 Å². The Labute approximate surface area is 92.6 Å². The molecule has 1 N–H and O–H groups in total. The Kier molecular flexibility index (Phi) is 2.59. The van der Waals surface area contributed by atoms with Crippen molar-refractivity contribution < 1.29 is 5.11 Å². The predicted octanol–water partition coefficient (Wildman–Crippen LogP) is 3.28. The van der Waals surface area contributed by atoms with Gasteiger partial charge < -0.3 is 5.11 Å². The van der Waals surface area contributed by atoms with Crippen molar-refractivity contribution in [2.24, 2.45) is 17.8 Å². The van der Waals surface area contributed by atoms with Crippen molar-refractivity contribution in [2.75, 3.05) is 0 Å². The van der Waals surface area contributed by atoms with Crippen LogP contribution in [0.15, 0.2) is 11.6 Å². The maximum Gasteiger partial charge on any atom is 0.0783 e. The molecule has 3 aliphatic rings. The van der Waals surface area contributed by atoms with Crippen LogP contribution in [0.2, 0.25) is 0 Å². The normalized spacial score (nSPS) is 41.7. The second kappa shape index (κ2) is 3.93. The molecule has 0 saturated heterocycles. The van der Waals surface area contributed by atoms with E-state index >= 15 is 0 Å². The molecule has 0 bridgehead atoms. The molecule has 84 valence electrons. The molecular weight excluding hydrogens is 184 g/mol. The highest BCUT2D eigenvalue weighted by Gasteiger charge is 2.54. The summed E-state index contributed by atoms with van der Waals surface area (Å²) in [7, 11) is 0. The number of hydrogen-bond donors (Lipinski definition) is 1. The van der Waals surface area contributed by atoms with Crippen molar-refractivity contribution in [2.45, 2.75) is 57.5 Å². The van der Waals surface area contributed by atoms with Crippen molar-refractivity contribution in [3.8, 4) is 0 Å². The average molecular weight is 206 g/mol. The fraction of sp³-hybridized carbons (Fsp3) is 0.857. The highest BCUT2D eigenvalue weighted by Crippen LogP contribution is 2.58. The molecule has 0 aromatic heterocycles. The number of allylic oxidation sites excluding steroid dienone is 1. The van der Waals surface area contributed by atoms with Crippen LogP contribution in [-0.4, -0.2) is 11.2 Å². The Bertz CT molecular complexity index is 257. The van der Waals surface area contributed by atoms with Gasteiger partial charge in [0.2, 0.25) is 0 Å². The van der Waals surface area contributed by atoms with Crippen LogP contribution in [0.5, 0.6) is 0 Å². The predicted molar refractivity (Wildman–Crippen MR) is 61.5 cm³/mol. The fourth-order valence-electron chi connectivity index (χ4n) is 3.89. The minimum Gasteiger partial charge on any atom is -0.388 e. The van der Waals surface area contributed by atoms with E-state index in [1.54, 1.807) is 0 Å². The summed E-state index contributed by atoms with van der Waals surface area (Å²) >= 11 is 0. The minimum absolute atomic E-state index is 0.0709. The molecule has 0 heterocycles. The molecule has 0 aliphatic heterocycles. The van der Waals surface area contributed by atoms with Gasteiger partial charge in [-0.2, -0.15) is 0 Å². The monoisotopic (exact) mass is 206 g/mol. The van der Waals surface area contributed by atoms with Gasteiger partial charge in [-0.15, -0.1) is 0 Å². The van der Waals surface area contributed by atoms with Gasteiger partial charge in [0.05, 0.1) is 6.10 Å². The maximum atomic E-state index is 10.4. The Hall–Kier alpha value is -0.300. The van der Waals surface area contributed by atoms with E-state index in [2.05, 4.69) is 6.08 Å². The van der Waals surface area contributed by atoms with Crippen LogP contribution in [0, 0.1) is 17.8 Å². The smallest absolute Gasteiger partial charge is 0.0783 e. The lowest BCUT2D eigenvalue weighted by Gasteiger charge is -2.18. The lowest BCUT2D eigenvalue weighted by molar-refractivity contribution is 0.169.